The molecule has 0 aromatic heterocycles. The van der Waals surface area contributed by atoms with Gasteiger partial charge in [0.15, 0.2) is 0 Å². The Morgan fingerprint density at radius 3 is 2.42 bits per heavy atom. The monoisotopic (exact) mass is 392 g/mol. The second-order valence-electron chi connectivity index (χ2n) is 6.37. The van der Waals surface area contributed by atoms with Crippen LogP contribution in [-0.4, -0.2) is 43.6 Å². The van der Waals surface area contributed by atoms with Gasteiger partial charge in [0, 0.05) is 29.7 Å². The van der Waals surface area contributed by atoms with Crippen molar-refractivity contribution < 1.29 is 9.53 Å². The van der Waals surface area contributed by atoms with Crippen LogP contribution >= 0.6 is 35.6 Å². The van der Waals surface area contributed by atoms with Crippen molar-refractivity contribution >= 4 is 41.5 Å². The van der Waals surface area contributed by atoms with Gasteiger partial charge in [-0.2, -0.15) is 0 Å². The minimum atomic E-state index is 0. The van der Waals surface area contributed by atoms with E-state index in [4.69, 9.17) is 27.9 Å². The summed E-state index contributed by atoms with van der Waals surface area (Å²) >= 11 is 11.9. The van der Waals surface area contributed by atoms with E-state index in [9.17, 15) is 4.79 Å². The lowest BCUT2D eigenvalue weighted by atomic mass is 9.96. The summed E-state index contributed by atoms with van der Waals surface area (Å²) in [6.45, 7) is 4.10. The van der Waals surface area contributed by atoms with Gasteiger partial charge in [0.1, 0.15) is 5.75 Å². The van der Waals surface area contributed by atoms with Gasteiger partial charge in [-0.05, 0) is 49.9 Å². The molecule has 0 saturated carbocycles. The number of carbonyl (C=O) groups excluding carboxylic acids is 1. The average molecular weight is 394 g/mol. The van der Waals surface area contributed by atoms with Crippen LogP contribution < -0.4 is 10.1 Å². The number of nitrogens with one attached hydrogen (secondary N) is 1. The van der Waals surface area contributed by atoms with Gasteiger partial charge < -0.3 is 15.0 Å². The molecule has 2 fully saturated rings. The standard InChI is InChI=1S/C17H22Cl2N2O2.ClH/c18-14-7-15(19)9-16(8-14)23-11-12-2-5-21(6-3-12)17(22)13-1-4-20-10-13;/h7-9,12-13,20H,1-6,10-11H2;1H. The van der Waals surface area contributed by atoms with Crippen LogP contribution in [0.3, 0.4) is 0 Å². The second-order valence-corrected chi connectivity index (χ2v) is 7.25. The van der Waals surface area contributed by atoms with Crippen LogP contribution in [0, 0.1) is 11.8 Å². The summed E-state index contributed by atoms with van der Waals surface area (Å²) < 4.78 is 5.82. The van der Waals surface area contributed by atoms with Crippen molar-refractivity contribution in [3.63, 3.8) is 0 Å². The third-order valence-corrected chi connectivity index (χ3v) is 5.09. The number of nitrogens with zero attached hydrogens (tertiary/aromatic N) is 1. The molecule has 1 aromatic carbocycles. The van der Waals surface area contributed by atoms with Gasteiger partial charge >= 0.3 is 0 Å². The molecule has 7 heteroatoms. The highest BCUT2D eigenvalue weighted by Gasteiger charge is 2.30. The first-order valence-electron chi connectivity index (χ1n) is 8.20. The molecule has 0 spiro atoms. The second kappa shape index (κ2) is 9.14. The predicted molar refractivity (Wildman–Crippen MR) is 99.5 cm³/mol. The minimum absolute atomic E-state index is 0. The first kappa shape index (κ1) is 19.6. The Morgan fingerprint density at radius 1 is 1.17 bits per heavy atom. The first-order valence-corrected chi connectivity index (χ1v) is 8.96. The van der Waals surface area contributed by atoms with E-state index in [2.05, 4.69) is 5.32 Å². The average Bonchev–Trinajstić information content (AvgIpc) is 3.06. The third kappa shape index (κ3) is 5.16. The van der Waals surface area contributed by atoms with Crippen molar-refractivity contribution in [2.45, 2.75) is 19.3 Å². The van der Waals surface area contributed by atoms with Crippen molar-refractivity contribution in [3.8, 4) is 5.75 Å². The molecular weight excluding hydrogens is 371 g/mol. The molecular formula is C17H23Cl3N2O2. The SMILES string of the molecule is Cl.O=C(C1CCNC1)N1CCC(COc2cc(Cl)cc(Cl)c2)CC1. The fourth-order valence-corrected chi connectivity index (χ4v) is 3.78. The first-order chi connectivity index (χ1) is 11.1. The summed E-state index contributed by atoms with van der Waals surface area (Å²) in [5, 5.41) is 4.42. The van der Waals surface area contributed by atoms with Crippen LogP contribution in [0.15, 0.2) is 18.2 Å². The van der Waals surface area contributed by atoms with Gasteiger partial charge in [-0.25, -0.2) is 0 Å². The minimum Gasteiger partial charge on any atom is -0.493 e. The Morgan fingerprint density at radius 2 is 1.83 bits per heavy atom. The van der Waals surface area contributed by atoms with Gasteiger partial charge in [-0.3, -0.25) is 4.79 Å². The van der Waals surface area contributed by atoms with E-state index < -0.39 is 0 Å². The Bertz CT molecular complexity index is 537. The van der Waals surface area contributed by atoms with E-state index in [0.717, 1.165) is 45.4 Å². The van der Waals surface area contributed by atoms with Crippen LogP contribution in [-0.2, 0) is 4.79 Å². The normalized spacial score (nSPS) is 21.4. The van der Waals surface area contributed by atoms with Gasteiger partial charge in [-0.1, -0.05) is 23.2 Å². The van der Waals surface area contributed by atoms with Gasteiger partial charge in [0.05, 0.1) is 12.5 Å². The van der Waals surface area contributed by atoms with E-state index >= 15 is 0 Å². The summed E-state index contributed by atoms with van der Waals surface area (Å²) in [5.41, 5.74) is 0. The summed E-state index contributed by atoms with van der Waals surface area (Å²) in [6, 6.07) is 5.25. The smallest absolute Gasteiger partial charge is 0.227 e. The number of likely N-dealkylation sites (tertiary alicyclic amines) is 1. The lowest BCUT2D eigenvalue weighted by Crippen LogP contribution is -2.43. The van der Waals surface area contributed by atoms with Crippen molar-refractivity contribution in [2.75, 3.05) is 32.8 Å². The predicted octanol–water partition coefficient (Wildman–Crippen LogP) is 3.64. The summed E-state index contributed by atoms with van der Waals surface area (Å²) in [5.74, 6) is 1.67. The maximum Gasteiger partial charge on any atom is 0.227 e. The number of benzene rings is 1. The van der Waals surface area contributed by atoms with Crippen LogP contribution in [0.1, 0.15) is 19.3 Å². The number of rotatable bonds is 4. The lowest BCUT2D eigenvalue weighted by Gasteiger charge is -2.33. The summed E-state index contributed by atoms with van der Waals surface area (Å²) in [6.07, 6.45) is 2.94. The zero-order valence-electron chi connectivity index (χ0n) is 13.5. The number of hydrogen-bond donors (Lipinski definition) is 1. The Kier molecular flexibility index (Phi) is 7.48. The maximum atomic E-state index is 12.4. The molecule has 1 aromatic rings. The zero-order chi connectivity index (χ0) is 16.2. The number of piperidine rings is 1. The Hall–Kier alpha value is -0.680. The molecule has 0 radical (unpaired) electrons. The number of hydrogen-bond acceptors (Lipinski definition) is 3. The van der Waals surface area contributed by atoms with Crippen LogP contribution in [0.4, 0.5) is 0 Å². The van der Waals surface area contributed by atoms with Crippen molar-refractivity contribution in [3.05, 3.63) is 28.2 Å². The highest BCUT2D eigenvalue weighted by atomic mass is 35.5. The quantitative estimate of drug-likeness (QED) is 0.849. The van der Waals surface area contributed by atoms with E-state index in [0.29, 0.717) is 34.2 Å². The van der Waals surface area contributed by atoms with E-state index in [1.54, 1.807) is 18.2 Å². The van der Waals surface area contributed by atoms with Gasteiger partial charge in [0.2, 0.25) is 5.91 Å². The van der Waals surface area contributed by atoms with Crippen LogP contribution in [0.25, 0.3) is 0 Å². The van der Waals surface area contributed by atoms with Crippen molar-refractivity contribution in [1.29, 1.82) is 0 Å². The number of carbonyl (C=O) groups is 1. The molecule has 1 amide bonds. The largest absolute Gasteiger partial charge is 0.493 e. The highest BCUT2D eigenvalue weighted by molar-refractivity contribution is 6.34. The molecule has 0 bridgehead atoms. The van der Waals surface area contributed by atoms with E-state index in [-0.39, 0.29) is 18.3 Å². The molecule has 2 heterocycles. The molecule has 2 aliphatic heterocycles. The number of amides is 1. The van der Waals surface area contributed by atoms with Gasteiger partial charge in [0.25, 0.3) is 0 Å². The van der Waals surface area contributed by atoms with Crippen molar-refractivity contribution in [2.24, 2.45) is 11.8 Å². The van der Waals surface area contributed by atoms with Crippen molar-refractivity contribution in [1.82, 2.24) is 10.2 Å². The molecule has 1 atom stereocenters. The topological polar surface area (TPSA) is 41.6 Å². The summed E-state index contributed by atoms with van der Waals surface area (Å²) in [4.78, 5) is 14.4. The maximum absolute atomic E-state index is 12.4. The van der Waals surface area contributed by atoms with E-state index in [1.807, 2.05) is 4.90 Å². The highest BCUT2D eigenvalue weighted by Crippen LogP contribution is 2.26. The number of ether oxygens (including phenoxy) is 1. The summed E-state index contributed by atoms with van der Waals surface area (Å²) in [7, 11) is 0. The lowest BCUT2D eigenvalue weighted by molar-refractivity contribution is -0.136. The molecule has 3 rings (SSSR count). The number of halogens is 3. The van der Waals surface area contributed by atoms with E-state index in [1.165, 1.54) is 0 Å². The fourth-order valence-electron chi connectivity index (χ4n) is 3.27. The Balaban J connectivity index is 0.00000208. The fraction of sp³-hybridized carbons (Fsp3) is 0.588. The molecule has 1 unspecified atom stereocenters. The van der Waals surface area contributed by atoms with Crippen LogP contribution in [0.5, 0.6) is 5.75 Å². The molecule has 0 aliphatic carbocycles. The molecule has 4 nitrogen and oxygen atoms in total. The molecule has 2 saturated heterocycles. The zero-order valence-corrected chi connectivity index (χ0v) is 15.8. The third-order valence-electron chi connectivity index (χ3n) is 4.66. The molecule has 2 aliphatic rings. The Labute approximate surface area is 159 Å². The van der Waals surface area contributed by atoms with Crippen LogP contribution in [0.2, 0.25) is 10.0 Å². The van der Waals surface area contributed by atoms with Gasteiger partial charge in [-0.15, -0.1) is 12.4 Å². The molecule has 1 N–H and O–H groups in total. The molecule has 24 heavy (non-hydrogen) atoms. The molecule has 134 valence electrons.